The van der Waals surface area contributed by atoms with E-state index >= 15 is 0 Å². The van der Waals surface area contributed by atoms with E-state index in [0.717, 1.165) is 5.56 Å². The lowest BCUT2D eigenvalue weighted by atomic mass is 10.1. The van der Waals surface area contributed by atoms with E-state index in [9.17, 15) is 9.18 Å². The summed E-state index contributed by atoms with van der Waals surface area (Å²) in [5.74, 6) is -1.94. The largest absolute Gasteiger partial charge is 0.478 e. The number of hydrogen-bond acceptors (Lipinski definition) is 3. The molecule has 5 heteroatoms. The molecule has 20 heavy (non-hydrogen) atoms. The van der Waals surface area contributed by atoms with Crippen LogP contribution in [0.4, 0.5) is 4.39 Å². The Bertz CT molecular complexity index is 598. The molecule has 106 valence electrons. The molecule has 1 atom stereocenters. The fraction of sp³-hybridized carbons (Fsp3) is 0.267. The molecule has 1 heterocycles. The van der Waals surface area contributed by atoms with Gasteiger partial charge in [-0.3, -0.25) is 4.90 Å². The number of hydrogen-bond donors (Lipinski definition) is 1. The first-order chi connectivity index (χ1) is 9.49. The number of carbonyl (C=O) groups is 1. The van der Waals surface area contributed by atoms with Gasteiger partial charge in [-0.1, -0.05) is 12.1 Å². The zero-order valence-electron chi connectivity index (χ0n) is 11.3. The maximum Gasteiger partial charge on any atom is 0.338 e. The van der Waals surface area contributed by atoms with E-state index in [1.165, 1.54) is 17.0 Å². The molecule has 2 aromatic rings. The Morgan fingerprint density at radius 1 is 1.45 bits per heavy atom. The number of thiophene rings is 1. The molecule has 0 radical (unpaired) electrons. The van der Waals surface area contributed by atoms with Crippen molar-refractivity contribution in [3.8, 4) is 0 Å². The third-order valence-corrected chi connectivity index (χ3v) is 4.35. The summed E-state index contributed by atoms with van der Waals surface area (Å²) < 4.78 is 13.3. The highest BCUT2D eigenvalue weighted by atomic mass is 32.1. The molecule has 1 aromatic carbocycles. The summed E-state index contributed by atoms with van der Waals surface area (Å²) in [6.45, 7) is 2.66. The van der Waals surface area contributed by atoms with Crippen LogP contribution in [0.25, 0.3) is 0 Å². The highest BCUT2D eigenvalue weighted by Gasteiger charge is 2.15. The highest BCUT2D eigenvalue weighted by molar-refractivity contribution is 7.10. The van der Waals surface area contributed by atoms with Crippen LogP contribution in [0, 0.1) is 5.82 Å². The zero-order valence-corrected chi connectivity index (χ0v) is 12.2. The maximum absolute atomic E-state index is 13.3. The van der Waals surface area contributed by atoms with Crippen molar-refractivity contribution >= 4 is 17.3 Å². The van der Waals surface area contributed by atoms with Crippen LogP contribution in [0.5, 0.6) is 0 Å². The second-order valence-electron chi connectivity index (χ2n) is 4.73. The number of carboxylic acids is 1. The third kappa shape index (κ3) is 3.23. The summed E-state index contributed by atoms with van der Waals surface area (Å²) in [6, 6.07) is 8.54. The quantitative estimate of drug-likeness (QED) is 0.912. The van der Waals surface area contributed by atoms with Crippen molar-refractivity contribution in [3.63, 3.8) is 0 Å². The van der Waals surface area contributed by atoms with Gasteiger partial charge in [-0.25, -0.2) is 9.18 Å². The van der Waals surface area contributed by atoms with Crippen molar-refractivity contribution in [2.75, 3.05) is 7.05 Å². The predicted molar refractivity (Wildman–Crippen MR) is 77.6 cm³/mol. The summed E-state index contributed by atoms with van der Waals surface area (Å²) in [5, 5.41) is 11.0. The minimum Gasteiger partial charge on any atom is -0.478 e. The van der Waals surface area contributed by atoms with Crippen molar-refractivity contribution in [1.29, 1.82) is 0 Å². The normalized spacial score (nSPS) is 12.6. The smallest absolute Gasteiger partial charge is 0.338 e. The monoisotopic (exact) mass is 293 g/mol. The number of nitrogens with zero attached hydrogens (tertiary/aromatic N) is 1. The molecule has 1 unspecified atom stereocenters. The van der Waals surface area contributed by atoms with Gasteiger partial charge in [-0.15, -0.1) is 11.3 Å². The zero-order chi connectivity index (χ0) is 14.7. The summed E-state index contributed by atoms with van der Waals surface area (Å²) in [6.07, 6.45) is 0. The molecule has 1 N–H and O–H groups in total. The molecule has 0 fully saturated rings. The number of carboxylic acid groups (broad SMARTS) is 1. The molecule has 0 bridgehead atoms. The van der Waals surface area contributed by atoms with Crippen molar-refractivity contribution < 1.29 is 14.3 Å². The number of rotatable bonds is 5. The molecule has 1 aromatic heterocycles. The average Bonchev–Trinajstić information content (AvgIpc) is 2.93. The molecule has 0 saturated heterocycles. The SMILES string of the molecule is CC(c1cccs1)N(C)Cc1ccc(F)c(C(=O)O)c1. The van der Waals surface area contributed by atoms with Crippen LogP contribution in [-0.2, 0) is 6.54 Å². The van der Waals surface area contributed by atoms with E-state index in [2.05, 4.69) is 17.9 Å². The molecule has 0 aliphatic carbocycles. The number of halogens is 1. The molecule has 0 aliphatic heterocycles. The maximum atomic E-state index is 13.3. The first-order valence-electron chi connectivity index (χ1n) is 6.24. The van der Waals surface area contributed by atoms with Crippen LogP contribution in [0.2, 0.25) is 0 Å². The topological polar surface area (TPSA) is 40.5 Å². The van der Waals surface area contributed by atoms with Crippen molar-refractivity contribution in [2.24, 2.45) is 0 Å². The van der Waals surface area contributed by atoms with Crippen LogP contribution in [0.1, 0.15) is 33.8 Å². The summed E-state index contributed by atoms with van der Waals surface area (Å²) in [7, 11) is 1.97. The van der Waals surface area contributed by atoms with E-state index in [1.54, 1.807) is 17.4 Å². The van der Waals surface area contributed by atoms with Gasteiger partial charge in [0, 0.05) is 17.5 Å². The van der Waals surface area contributed by atoms with Gasteiger partial charge in [0.15, 0.2) is 0 Å². The van der Waals surface area contributed by atoms with E-state index < -0.39 is 11.8 Å². The Labute approximate surface area is 121 Å². The molecule has 0 aliphatic rings. The van der Waals surface area contributed by atoms with Gasteiger partial charge in [0.1, 0.15) is 5.82 Å². The van der Waals surface area contributed by atoms with Gasteiger partial charge >= 0.3 is 5.97 Å². The van der Waals surface area contributed by atoms with E-state index in [-0.39, 0.29) is 11.6 Å². The second kappa shape index (κ2) is 6.15. The van der Waals surface area contributed by atoms with Gasteiger partial charge < -0.3 is 5.11 Å². The van der Waals surface area contributed by atoms with Crippen LogP contribution >= 0.6 is 11.3 Å². The minimum absolute atomic E-state index is 0.230. The van der Waals surface area contributed by atoms with Gasteiger partial charge in [-0.2, -0.15) is 0 Å². The lowest BCUT2D eigenvalue weighted by molar-refractivity contribution is 0.0691. The molecule has 2 rings (SSSR count). The van der Waals surface area contributed by atoms with Crippen LogP contribution < -0.4 is 0 Å². The van der Waals surface area contributed by atoms with E-state index in [0.29, 0.717) is 6.54 Å². The Hall–Kier alpha value is -1.72. The summed E-state index contributed by atoms with van der Waals surface area (Å²) in [5.41, 5.74) is 0.509. The lowest BCUT2D eigenvalue weighted by Crippen LogP contribution is -2.21. The fourth-order valence-electron chi connectivity index (χ4n) is 2.01. The van der Waals surface area contributed by atoms with Gasteiger partial charge in [-0.05, 0) is 43.1 Å². The standard InChI is InChI=1S/C15H16FNO2S/c1-10(14-4-3-7-20-14)17(2)9-11-5-6-13(16)12(8-11)15(18)19/h3-8,10H,9H2,1-2H3,(H,18,19). The number of benzene rings is 1. The van der Waals surface area contributed by atoms with Gasteiger partial charge in [0.25, 0.3) is 0 Å². The Morgan fingerprint density at radius 2 is 2.20 bits per heavy atom. The number of aromatic carboxylic acids is 1. The molecule has 0 saturated carbocycles. The van der Waals surface area contributed by atoms with Crippen molar-refractivity contribution in [2.45, 2.75) is 19.5 Å². The molecular weight excluding hydrogens is 277 g/mol. The Balaban J connectivity index is 2.13. The van der Waals surface area contributed by atoms with E-state index in [4.69, 9.17) is 5.11 Å². The first-order valence-corrected chi connectivity index (χ1v) is 7.12. The highest BCUT2D eigenvalue weighted by Crippen LogP contribution is 2.25. The minimum atomic E-state index is -1.24. The predicted octanol–water partition coefficient (Wildman–Crippen LogP) is 3.78. The van der Waals surface area contributed by atoms with Crippen LogP contribution in [-0.4, -0.2) is 23.0 Å². The Kier molecular flexibility index (Phi) is 4.52. The molecular formula is C15H16FNO2S. The summed E-state index contributed by atoms with van der Waals surface area (Å²) >= 11 is 1.68. The third-order valence-electron chi connectivity index (χ3n) is 3.31. The van der Waals surface area contributed by atoms with Crippen LogP contribution in [0.3, 0.4) is 0 Å². The molecule has 0 amide bonds. The van der Waals surface area contributed by atoms with Gasteiger partial charge in [0.2, 0.25) is 0 Å². The van der Waals surface area contributed by atoms with Crippen LogP contribution in [0.15, 0.2) is 35.7 Å². The first kappa shape index (κ1) is 14.7. The van der Waals surface area contributed by atoms with E-state index in [1.807, 2.05) is 18.5 Å². The molecule has 0 spiro atoms. The van der Waals surface area contributed by atoms with Gasteiger partial charge in [0.05, 0.1) is 5.56 Å². The van der Waals surface area contributed by atoms with Crippen molar-refractivity contribution in [3.05, 3.63) is 57.5 Å². The Morgan fingerprint density at radius 3 is 2.80 bits per heavy atom. The lowest BCUT2D eigenvalue weighted by Gasteiger charge is -2.24. The van der Waals surface area contributed by atoms with Crippen molar-refractivity contribution in [1.82, 2.24) is 4.90 Å². The molecule has 3 nitrogen and oxygen atoms in total. The fourth-order valence-corrected chi connectivity index (χ4v) is 2.85. The second-order valence-corrected chi connectivity index (χ2v) is 5.71. The average molecular weight is 293 g/mol. The summed E-state index contributed by atoms with van der Waals surface area (Å²) in [4.78, 5) is 14.3.